The number of likely N-dealkylation sites (tertiary alicyclic amines) is 1. The maximum absolute atomic E-state index is 12.2. The van der Waals surface area contributed by atoms with E-state index in [0.717, 1.165) is 25.9 Å². The summed E-state index contributed by atoms with van der Waals surface area (Å²) >= 11 is 0. The van der Waals surface area contributed by atoms with Crippen molar-refractivity contribution >= 4 is 21.6 Å². The number of piperidine rings is 1. The first-order chi connectivity index (χ1) is 9.52. The Labute approximate surface area is 120 Å². The molecule has 0 unspecified atom stereocenters. The van der Waals surface area contributed by atoms with Crippen LogP contribution in [0.15, 0.2) is 24.3 Å². The molecule has 0 radical (unpaired) electrons. The van der Waals surface area contributed by atoms with E-state index in [-0.39, 0.29) is 11.7 Å². The minimum Gasteiger partial charge on any atom is -0.339 e. The van der Waals surface area contributed by atoms with Crippen molar-refractivity contribution in [1.82, 2.24) is 4.90 Å². The zero-order chi connectivity index (χ0) is 14.6. The number of anilines is 1. The second-order valence-electron chi connectivity index (χ2n) is 4.94. The van der Waals surface area contributed by atoms with Crippen molar-refractivity contribution in [2.75, 3.05) is 23.6 Å². The van der Waals surface area contributed by atoms with E-state index in [1.807, 2.05) is 4.90 Å². The first-order valence-electron chi connectivity index (χ1n) is 6.91. The average molecular weight is 296 g/mol. The van der Waals surface area contributed by atoms with Crippen LogP contribution in [0.25, 0.3) is 0 Å². The van der Waals surface area contributed by atoms with Gasteiger partial charge >= 0.3 is 0 Å². The normalized spacial score (nSPS) is 15.9. The third-order valence-corrected chi connectivity index (χ3v) is 4.74. The molecule has 0 atom stereocenters. The van der Waals surface area contributed by atoms with Crippen molar-refractivity contribution in [3.05, 3.63) is 29.8 Å². The summed E-state index contributed by atoms with van der Waals surface area (Å²) in [4.78, 5) is 14.1. The van der Waals surface area contributed by atoms with Gasteiger partial charge in [-0.1, -0.05) is 0 Å². The Kier molecular flexibility index (Phi) is 4.65. The van der Waals surface area contributed by atoms with Crippen LogP contribution in [0, 0.1) is 0 Å². The fourth-order valence-electron chi connectivity index (χ4n) is 2.21. The van der Waals surface area contributed by atoms with Crippen LogP contribution in [0.4, 0.5) is 5.69 Å². The Bertz CT molecular complexity index is 561. The summed E-state index contributed by atoms with van der Waals surface area (Å²) in [5, 5.41) is 0. The second-order valence-corrected chi connectivity index (χ2v) is 6.95. The molecule has 5 nitrogen and oxygen atoms in total. The average Bonchev–Trinajstić information content (AvgIpc) is 2.48. The van der Waals surface area contributed by atoms with Gasteiger partial charge in [0.05, 0.1) is 5.75 Å². The Hall–Kier alpha value is -1.56. The molecule has 0 aromatic heterocycles. The molecule has 20 heavy (non-hydrogen) atoms. The lowest BCUT2D eigenvalue weighted by Gasteiger charge is -2.26. The van der Waals surface area contributed by atoms with Crippen molar-refractivity contribution in [2.24, 2.45) is 0 Å². The molecule has 1 aliphatic rings. The molecule has 0 aliphatic carbocycles. The molecule has 1 saturated heterocycles. The maximum Gasteiger partial charge on any atom is 0.253 e. The standard InChI is InChI=1S/C14H20N2O3S/c1-2-20(18,19)15-13-8-6-12(7-9-13)14(17)16-10-4-3-5-11-16/h6-9,15H,2-5,10-11H2,1H3. The maximum atomic E-state index is 12.2. The largest absolute Gasteiger partial charge is 0.339 e. The van der Waals surface area contributed by atoms with E-state index >= 15 is 0 Å². The van der Waals surface area contributed by atoms with Crippen LogP contribution in [0.3, 0.4) is 0 Å². The number of nitrogens with one attached hydrogen (secondary N) is 1. The molecule has 1 fully saturated rings. The van der Waals surface area contributed by atoms with E-state index in [1.54, 1.807) is 31.2 Å². The van der Waals surface area contributed by atoms with Gasteiger partial charge in [0, 0.05) is 24.3 Å². The van der Waals surface area contributed by atoms with Gasteiger partial charge in [0.2, 0.25) is 10.0 Å². The van der Waals surface area contributed by atoms with Gasteiger partial charge in [-0.15, -0.1) is 0 Å². The molecule has 1 aliphatic heterocycles. The van der Waals surface area contributed by atoms with E-state index in [9.17, 15) is 13.2 Å². The number of hydrogen-bond donors (Lipinski definition) is 1. The minimum absolute atomic E-state index is 0.0228. The summed E-state index contributed by atoms with van der Waals surface area (Å²) in [7, 11) is -3.27. The number of hydrogen-bond acceptors (Lipinski definition) is 3. The molecule has 110 valence electrons. The number of carbonyl (C=O) groups excluding carboxylic acids is 1. The van der Waals surface area contributed by atoms with Crippen LogP contribution in [-0.4, -0.2) is 38.1 Å². The minimum atomic E-state index is -3.27. The lowest BCUT2D eigenvalue weighted by Crippen LogP contribution is -2.35. The Morgan fingerprint density at radius 1 is 1.15 bits per heavy atom. The van der Waals surface area contributed by atoms with Crippen LogP contribution >= 0.6 is 0 Å². The van der Waals surface area contributed by atoms with Gasteiger partial charge in [0.1, 0.15) is 0 Å². The highest BCUT2D eigenvalue weighted by atomic mass is 32.2. The topological polar surface area (TPSA) is 66.5 Å². The number of nitrogens with zero attached hydrogens (tertiary/aromatic N) is 1. The van der Waals surface area contributed by atoms with Crippen LogP contribution in [0.2, 0.25) is 0 Å². The predicted octanol–water partition coefficient (Wildman–Crippen LogP) is 2.07. The summed E-state index contributed by atoms with van der Waals surface area (Å²) in [5.41, 5.74) is 1.09. The quantitative estimate of drug-likeness (QED) is 0.925. The van der Waals surface area contributed by atoms with Crippen LogP contribution in [-0.2, 0) is 10.0 Å². The summed E-state index contributed by atoms with van der Waals surface area (Å²) in [6, 6.07) is 6.60. The van der Waals surface area contributed by atoms with E-state index in [1.165, 1.54) is 6.42 Å². The highest BCUT2D eigenvalue weighted by molar-refractivity contribution is 7.92. The second kappa shape index (κ2) is 6.26. The highest BCUT2D eigenvalue weighted by Crippen LogP contribution is 2.16. The molecule has 0 bridgehead atoms. The van der Waals surface area contributed by atoms with Gasteiger partial charge in [-0.05, 0) is 50.5 Å². The van der Waals surface area contributed by atoms with Gasteiger partial charge in [-0.2, -0.15) is 0 Å². The van der Waals surface area contributed by atoms with Crippen LogP contribution < -0.4 is 4.72 Å². The van der Waals surface area contributed by atoms with Gasteiger partial charge in [-0.25, -0.2) is 8.42 Å². The molecule has 1 amide bonds. The lowest BCUT2D eigenvalue weighted by molar-refractivity contribution is 0.0724. The first kappa shape index (κ1) is 14.8. The van der Waals surface area contributed by atoms with Crippen molar-refractivity contribution < 1.29 is 13.2 Å². The van der Waals surface area contributed by atoms with Crippen LogP contribution in [0.1, 0.15) is 36.5 Å². The molecule has 0 saturated carbocycles. The highest BCUT2D eigenvalue weighted by Gasteiger charge is 2.18. The molecular weight excluding hydrogens is 276 g/mol. The van der Waals surface area contributed by atoms with Gasteiger partial charge in [0.25, 0.3) is 5.91 Å². The predicted molar refractivity (Wildman–Crippen MR) is 79.3 cm³/mol. The monoisotopic (exact) mass is 296 g/mol. The van der Waals surface area contributed by atoms with Gasteiger partial charge < -0.3 is 4.90 Å². The molecular formula is C14H20N2O3S. The van der Waals surface area contributed by atoms with Gasteiger partial charge in [0.15, 0.2) is 0 Å². The number of rotatable bonds is 4. The Balaban J connectivity index is 2.06. The summed E-state index contributed by atoms with van der Waals surface area (Å²) < 4.78 is 25.4. The molecule has 0 spiro atoms. The number of amides is 1. The summed E-state index contributed by atoms with van der Waals surface area (Å²) in [5.74, 6) is 0.0520. The Morgan fingerprint density at radius 3 is 2.30 bits per heavy atom. The van der Waals surface area contributed by atoms with Crippen LogP contribution in [0.5, 0.6) is 0 Å². The third-order valence-electron chi connectivity index (χ3n) is 3.43. The molecule has 1 aromatic rings. The zero-order valence-corrected chi connectivity index (χ0v) is 12.4. The van der Waals surface area contributed by atoms with E-state index in [2.05, 4.69) is 4.72 Å². The van der Waals surface area contributed by atoms with Gasteiger partial charge in [-0.3, -0.25) is 9.52 Å². The fourth-order valence-corrected chi connectivity index (χ4v) is 2.85. The fraction of sp³-hybridized carbons (Fsp3) is 0.500. The number of benzene rings is 1. The van der Waals surface area contributed by atoms with Crippen molar-refractivity contribution in [3.63, 3.8) is 0 Å². The Morgan fingerprint density at radius 2 is 1.75 bits per heavy atom. The molecule has 2 rings (SSSR count). The molecule has 1 heterocycles. The lowest BCUT2D eigenvalue weighted by atomic mass is 10.1. The first-order valence-corrected chi connectivity index (χ1v) is 8.57. The van der Waals surface area contributed by atoms with E-state index in [0.29, 0.717) is 11.3 Å². The number of carbonyl (C=O) groups is 1. The van der Waals surface area contributed by atoms with Crippen molar-refractivity contribution in [2.45, 2.75) is 26.2 Å². The number of sulfonamides is 1. The van der Waals surface area contributed by atoms with E-state index < -0.39 is 10.0 Å². The summed E-state index contributed by atoms with van der Waals surface area (Å²) in [6.45, 7) is 3.20. The zero-order valence-electron chi connectivity index (χ0n) is 11.6. The van der Waals surface area contributed by atoms with Crippen molar-refractivity contribution in [1.29, 1.82) is 0 Å². The molecule has 6 heteroatoms. The van der Waals surface area contributed by atoms with E-state index in [4.69, 9.17) is 0 Å². The smallest absolute Gasteiger partial charge is 0.253 e. The third kappa shape index (κ3) is 3.72. The SMILES string of the molecule is CCS(=O)(=O)Nc1ccc(C(=O)N2CCCCC2)cc1. The van der Waals surface area contributed by atoms with Crippen molar-refractivity contribution in [3.8, 4) is 0 Å². The summed E-state index contributed by atoms with van der Waals surface area (Å²) in [6.07, 6.45) is 3.29. The molecule has 1 aromatic carbocycles. The molecule has 1 N–H and O–H groups in total.